The molecule has 0 fully saturated rings. The number of hydrogen-bond donors (Lipinski definition) is 3. The van der Waals surface area contributed by atoms with Crippen molar-refractivity contribution in [3.8, 4) is 5.75 Å². The van der Waals surface area contributed by atoms with Gasteiger partial charge in [0.25, 0.3) is 0 Å². The average Bonchev–Trinajstić information content (AvgIpc) is 2.40. The van der Waals surface area contributed by atoms with Gasteiger partial charge in [-0.05, 0) is 24.3 Å². The average molecular weight is 251 g/mol. The topological polar surface area (TPSA) is 71.2 Å². The van der Waals surface area contributed by atoms with Crippen LogP contribution in [0.3, 0.4) is 0 Å². The third-order valence-corrected chi connectivity index (χ3v) is 2.95. The number of nitrogen functional groups attached to an aromatic ring is 1. The molecule has 0 saturated carbocycles. The molecule has 4 nitrogen and oxygen atoms in total. The van der Waals surface area contributed by atoms with E-state index in [1.807, 2.05) is 30.3 Å². The van der Waals surface area contributed by atoms with Gasteiger partial charge in [-0.1, -0.05) is 18.2 Å². The molecule has 0 unspecified atom stereocenters. The van der Waals surface area contributed by atoms with Crippen molar-refractivity contribution in [3.63, 3.8) is 0 Å². The summed E-state index contributed by atoms with van der Waals surface area (Å²) in [5.74, 6) is 0.931. The molecular weight excluding hydrogens is 238 g/mol. The summed E-state index contributed by atoms with van der Waals surface area (Å²) < 4.78 is 0. The molecule has 1 aromatic heterocycles. The van der Waals surface area contributed by atoms with E-state index in [-0.39, 0.29) is 5.75 Å². The molecule has 0 spiro atoms. The Morgan fingerprint density at radius 1 is 1.00 bits per heavy atom. The van der Waals surface area contributed by atoms with E-state index >= 15 is 0 Å². The Bertz CT molecular complexity index is 740. The summed E-state index contributed by atoms with van der Waals surface area (Å²) in [7, 11) is 0. The van der Waals surface area contributed by atoms with Gasteiger partial charge >= 0.3 is 0 Å². The molecule has 1 heterocycles. The van der Waals surface area contributed by atoms with E-state index < -0.39 is 0 Å². The van der Waals surface area contributed by atoms with Gasteiger partial charge in [0, 0.05) is 34.4 Å². The van der Waals surface area contributed by atoms with Crippen LogP contribution in [0.4, 0.5) is 17.2 Å². The largest absolute Gasteiger partial charge is 0.508 e. The SMILES string of the molecule is Nc1cccc2c(Nc3cccc(O)c3)nccc12. The van der Waals surface area contributed by atoms with Crippen LogP contribution in [0.2, 0.25) is 0 Å². The van der Waals surface area contributed by atoms with Crippen LogP contribution in [0, 0.1) is 0 Å². The van der Waals surface area contributed by atoms with Gasteiger partial charge in [-0.25, -0.2) is 4.98 Å². The van der Waals surface area contributed by atoms with E-state index in [1.165, 1.54) is 0 Å². The number of benzene rings is 2. The van der Waals surface area contributed by atoms with E-state index in [0.717, 1.165) is 28.0 Å². The molecule has 0 aliphatic rings. The highest BCUT2D eigenvalue weighted by atomic mass is 16.3. The summed E-state index contributed by atoms with van der Waals surface area (Å²) in [6, 6.07) is 14.5. The number of aromatic nitrogens is 1. The maximum atomic E-state index is 9.47. The molecule has 0 amide bonds. The van der Waals surface area contributed by atoms with Crippen LogP contribution in [-0.4, -0.2) is 10.1 Å². The van der Waals surface area contributed by atoms with Crippen LogP contribution in [0.5, 0.6) is 5.75 Å². The Morgan fingerprint density at radius 2 is 1.84 bits per heavy atom. The van der Waals surface area contributed by atoms with Crippen LogP contribution < -0.4 is 11.1 Å². The summed E-state index contributed by atoms with van der Waals surface area (Å²) in [5.41, 5.74) is 7.45. The minimum absolute atomic E-state index is 0.213. The Hall–Kier alpha value is -2.75. The van der Waals surface area contributed by atoms with E-state index in [9.17, 15) is 5.11 Å². The van der Waals surface area contributed by atoms with Gasteiger partial charge < -0.3 is 16.2 Å². The lowest BCUT2D eigenvalue weighted by Crippen LogP contribution is -1.95. The molecule has 0 atom stereocenters. The third-order valence-electron chi connectivity index (χ3n) is 2.95. The molecule has 0 aliphatic heterocycles. The fourth-order valence-corrected chi connectivity index (χ4v) is 2.05. The monoisotopic (exact) mass is 251 g/mol. The molecule has 0 aliphatic carbocycles. The molecule has 4 heteroatoms. The normalized spacial score (nSPS) is 10.5. The molecule has 3 aromatic rings. The molecule has 0 radical (unpaired) electrons. The van der Waals surface area contributed by atoms with Crippen molar-refractivity contribution < 1.29 is 5.11 Å². The Balaban J connectivity index is 2.08. The Morgan fingerprint density at radius 3 is 2.68 bits per heavy atom. The van der Waals surface area contributed by atoms with Crippen molar-refractivity contribution in [3.05, 3.63) is 54.7 Å². The van der Waals surface area contributed by atoms with Gasteiger partial charge in [-0.2, -0.15) is 0 Å². The minimum Gasteiger partial charge on any atom is -0.508 e. The first-order valence-electron chi connectivity index (χ1n) is 5.93. The van der Waals surface area contributed by atoms with Gasteiger partial charge in [-0.15, -0.1) is 0 Å². The minimum atomic E-state index is 0.213. The number of fused-ring (bicyclic) bond motifs is 1. The lowest BCUT2D eigenvalue weighted by molar-refractivity contribution is 0.475. The number of aromatic hydroxyl groups is 1. The van der Waals surface area contributed by atoms with Gasteiger partial charge in [0.05, 0.1) is 0 Å². The van der Waals surface area contributed by atoms with Crippen molar-refractivity contribution in [1.82, 2.24) is 4.98 Å². The third kappa shape index (κ3) is 2.15. The highest BCUT2D eigenvalue weighted by molar-refractivity contribution is 5.99. The van der Waals surface area contributed by atoms with Gasteiger partial charge in [0.15, 0.2) is 0 Å². The fourth-order valence-electron chi connectivity index (χ4n) is 2.05. The van der Waals surface area contributed by atoms with Crippen molar-refractivity contribution in [2.24, 2.45) is 0 Å². The van der Waals surface area contributed by atoms with Crippen LogP contribution in [0.15, 0.2) is 54.7 Å². The number of anilines is 3. The molecular formula is C15H13N3O. The number of phenolic OH excluding ortho intramolecular Hbond substituents is 1. The first-order valence-corrected chi connectivity index (χ1v) is 5.93. The Kier molecular flexibility index (Phi) is 2.68. The summed E-state index contributed by atoms with van der Waals surface area (Å²) in [6.07, 6.45) is 1.71. The summed E-state index contributed by atoms with van der Waals surface area (Å²) >= 11 is 0. The standard InChI is InChI=1S/C15H13N3O/c16-14-6-2-5-13-12(14)7-8-17-15(13)18-10-3-1-4-11(19)9-10/h1-9,19H,16H2,(H,17,18). The second-order valence-corrected chi connectivity index (χ2v) is 4.28. The van der Waals surface area contributed by atoms with Crippen LogP contribution >= 0.6 is 0 Å². The predicted molar refractivity (Wildman–Crippen MR) is 77.5 cm³/mol. The smallest absolute Gasteiger partial charge is 0.138 e. The molecule has 0 bridgehead atoms. The predicted octanol–water partition coefficient (Wildman–Crippen LogP) is 3.27. The highest BCUT2D eigenvalue weighted by Crippen LogP contribution is 2.28. The lowest BCUT2D eigenvalue weighted by atomic mass is 10.1. The van der Waals surface area contributed by atoms with Crippen LogP contribution in [0.1, 0.15) is 0 Å². The number of rotatable bonds is 2. The number of nitrogens with one attached hydrogen (secondary N) is 1. The summed E-state index contributed by atoms with van der Waals surface area (Å²) in [5, 5.41) is 14.6. The zero-order valence-electron chi connectivity index (χ0n) is 10.2. The summed E-state index contributed by atoms with van der Waals surface area (Å²) in [4.78, 5) is 4.32. The highest BCUT2D eigenvalue weighted by Gasteiger charge is 2.04. The number of nitrogens with zero attached hydrogens (tertiary/aromatic N) is 1. The number of pyridine rings is 1. The number of hydrogen-bond acceptors (Lipinski definition) is 4. The molecule has 19 heavy (non-hydrogen) atoms. The second kappa shape index (κ2) is 4.49. The number of phenols is 1. The molecule has 4 N–H and O–H groups in total. The lowest BCUT2D eigenvalue weighted by Gasteiger charge is -2.10. The number of nitrogens with two attached hydrogens (primary N) is 1. The van der Waals surface area contributed by atoms with Gasteiger partial charge in [-0.3, -0.25) is 0 Å². The van der Waals surface area contributed by atoms with Crippen LogP contribution in [0.25, 0.3) is 10.8 Å². The van der Waals surface area contributed by atoms with Crippen molar-refractivity contribution in [1.29, 1.82) is 0 Å². The molecule has 3 rings (SSSR count). The second-order valence-electron chi connectivity index (χ2n) is 4.28. The van der Waals surface area contributed by atoms with Crippen LogP contribution in [-0.2, 0) is 0 Å². The van der Waals surface area contributed by atoms with Crippen molar-refractivity contribution >= 4 is 28.0 Å². The van der Waals surface area contributed by atoms with E-state index in [4.69, 9.17) is 5.73 Å². The maximum absolute atomic E-state index is 9.47. The van der Waals surface area contributed by atoms with Gasteiger partial charge in [0.2, 0.25) is 0 Å². The molecule has 94 valence electrons. The van der Waals surface area contributed by atoms with Gasteiger partial charge in [0.1, 0.15) is 11.6 Å². The van der Waals surface area contributed by atoms with Crippen molar-refractivity contribution in [2.45, 2.75) is 0 Å². The first-order chi connectivity index (χ1) is 9.24. The van der Waals surface area contributed by atoms with E-state index in [0.29, 0.717) is 0 Å². The molecule has 2 aromatic carbocycles. The molecule has 0 saturated heterocycles. The quantitative estimate of drug-likeness (QED) is 0.611. The Labute approximate surface area is 110 Å². The fraction of sp³-hybridized carbons (Fsp3) is 0. The maximum Gasteiger partial charge on any atom is 0.138 e. The van der Waals surface area contributed by atoms with E-state index in [1.54, 1.807) is 24.4 Å². The zero-order chi connectivity index (χ0) is 13.2. The first kappa shape index (κ1) is 11.3. The van der Waals surface area contributed by atoms with E-state index in [2.05, 4.69) is 10.3 Å². The zero-order valence-corrected chi connectivity index (χ0v) is 10.2. The van der Waals surface area contributed by atoms with Crippen molar-refractivity contribution in [2.75, 3.05) is 11.1 Å². The summed E-state index contributed by atoms with van der Waals surface area (Å²) in [6.45, 7) is 0.